The van der Waals surface area contributed by atoms with E-state index in [1.165, 1.54) is 42.6 Å². The molecule has 4 heteroatoms. The van der Waals surface area contributed by atoms with Gasteiger partial charge in [0.2, 0.25) is 0 Å². The van der Waals surface area contributed by atoms with Gasteiger partial charge >= 0.3 is 0 Å². The molecule has 2 rings (SSSR count). The molecule has 1 aromatic heterocycles. The molecular formula is C15H25N3S. The van der Waals surface area contributed by atoms with Gasteiger partial charge in [-0.15, -0.1) is 5.10 Å². The van der Waals surface area contributed by atoms with Gasteiger partial charge < -0.3 is 5.32 Å². The zero-order valence-electron chi connectivity index (χ0n) is 12.5. The zero-order chi connectivity index (χ0) is 13.9. The third-order valence-corrected chi connectivity index (χ3v) is 4.51. The normalized spacial score (nSPS) is 18.8. The number of hydrogen-bond donors (Lipinski definition) is 1. The van der Waals surface area contributed by atoms with Crippen LogP contribution in [0.5, 0.6) is 0 Å². The third kappa shape index (κ3) is 3.42. The van der Waals surface area contributed by atoms with Gasteiger partial charge in [0.05, 0.1) is 16.6 Å². The van der Waals surface area contributed by atoms with Crippen LogP contribution in [0.15, 0.2) is 11.6 Å². The Kier molecular flexibility index (Phi) is 4.74. The van der Waals surface area contributed by atoms with Crippen molar-refractivity contribution in [2.75, 3.05) is 7.05 Å². The van der Waals surface area contributed by atoms with Crippen molar-refractivity contribution in [2.45, 2.75) is 64.3 Å². The predicted molar refractivity (Wildman–Crippen MR) is 81.6 cm³/mol. The summed E-state index contributed by atoms with van der Waals surface area (Å²) in [6.07, 6.45) is 8.83. The lowest BCUT2D eigenvalue weighted by molar-refractivity contribution is 0.543. The van der Waals surface area contributed by atoms with Crippen LogP contribution in [-0.4, -0.2) is 16.6 Å². The molecule has 0 aromatic carbocycles. The molecule has 0 radical (unpaired) electrons. The molecular weight excluding hydrogens is 254 g/mol. The van der Waals surface area contributed by atoms with Crippen LogP contribution in [-0.2, 0) is 5.41 Å². The lowest BCUT2D eigenvalue weighted by Gasteiger charge is -2.23. The Hall–Kier alpha value is -0.740. The van der Waals surface area contributed by atoms with Crippen molar-refractivity contribution in [3.8, 4) is 0 Å². The topological polar surface area (TPSA) is 37.8 Å². The number of nitrogens with one attached hydrogen (secondary N) is 1. The predicted octanol–water partition coefficient (Wildman–Crippen LogP) is 3.99. The van der Waals surface area contributed by atoms with E-state index < -0.39 is 0 Å². The van der Waals surface area contributed by atoms with Crippen molar-refractivity contribution in [1.82, 2.24) is 14.9 Å². The molecule has 0 saturated carbocycles. The van der Waals surface area contributed by atoms with Crippen LogP contribution in [0.1, 0.15) is 69.5 Å². The highest BCUT2D eigenvalue weighted by atomic mass is 32.1. The van der Waals surface area contributed by atoms with Gasteiger partial charge in [0.1, 0.15) is 0 Å². The molecule has 1 N–H and O–H groups in total. The Morgan fingerprint density at radius 1 is 1.26 bits per heavy atom. The largest absolute Gasteiger partial charge is 0.309 e. The molecule has 0 bridgehead atoms. The summed E-state index contributed by atoms with van der Waals surface area (Å²) in [5.41, 5.74) is 2.72. The monoisotopic (exact) mass is 279 g/mol. The first-order chi connectivity index (χ1) is 9.04. The van der Waals surface area contributed by atoms with Crippen LogP contribution in [0.25, 0.3) is 0 Å². The summed E-state index contributed by atoms with van der Waals surface area (Å²) < 4.78 is 4.20. The van der Waals surface area contributed by atoms with Crippen LogP contribution in [0.3, 0.4) is 0 Å². The van der Waals surface area contributed by atoms with Gasteiger partial charge in [0, 0.05) is 5.41 Å². The lowest BCUT2D eigenvalue weighted by atomic mass is 9.88. The maximum atomic E-state index is 4.38. The Morgan fingerprint density at radius 2 is 2.05 bits per heavy atom. The molecule has 0 fully saturated rings. The molecule has 1 heterocycles. The molecule has 1 atom stereocenters. The smallest absolute Gasteiger partial charge is 0.0860 e. The first-order valence-corrected chi connectivity index (χ1v) is 8.00. The summed E-state index contributed by atoms with van der Waals surface area (Å²) in [6, 6.07) is 0.298. The number of aromatic nitrogens is 2. The number of hydrogen-bond acceptors (Lipinski definition) is 4. The van der Waals surface area contributed by atoms with Crippen LogP contribution in [0, 0.1) is 0 Å². The molecule has 0 amide bonds. The van der Waals surface area contributed by atoms with Crippen molar-refractivity contribution in [2.24, 2.45) is 0 Å². The molecule has 0 aliphatic heterocycles. The quantitative estimate of drug-likeness (QED) is 0.850. The van der Waals surface area contributed by atoms with Crippen molar-refractivity contribution in [3.05, 3.63) is 22.2 Å². The summed E-state index contributed by atoms with van der Waals surface area (Å²) >= 11 is 1.55. The molecule has 3 nitrogen and oxygen atoms in total. The minimum atomic E-state index is 0.0583. The molecule has 1 aliphatic carbocycles. The summed E-state index contributed by atoms with van der Waals surface area (Å²) in [5, 5.41) is 7.85. The van der Waals surface area contributed by atoms with E-state index >= 15 is 0 Å². The Morgan fingerprint density at radius 3 is 2.74 bits per heavy atom. The van der Waals surface area contributed by atoms with E-state index in [2.05, 4.69) is 41.8 Å². The molecule has 106 valence electrons. The molecule has 0 saturated heterocycles. The van der Waals surface area contributed by atoms with Crippen molar-refractivity contribution in [3.63, 3.8) is 0 Å². The first kappa shape index (κ1) is 14.7. The maximum absolute atomic E-state index is 4.38. The Labute approximate surface area is 120 Å². The third-order valence-electron chi connectivity index (χ3n) is 3.72. The van der Waals surface area contributed by atoms with Gasteiger partial charge in [-0.25, -0.2) is 0 Å². The van der Waals surface area contributed by atoms with E-state index in [0.717, 1.165) is 5.69 Å². The highest BCUT2D eigenvalue weighted by Gasteiger charge is 2.28. The second-order valence-electron chi connectivity index (χ2n) is 6.34. The van der Waals surface area contributed by atoms with Gasteiger partial charge in [0.15, 0.2) is 0 Å². The highest BCUT2D eigenvalue weighted by Crippen LogP contribution is 2.36. The van der Waals surface area contributed by atoms with Crippen LogP contribution >= 0.6 is 11.5 Å². The average molecular weight is 279 g/mol. The van der Waals surface area contributed by atoms with Crippen molar-refractivity contribution < 1.29 is 0 Å². The van der Waals surface area contributed by atoms with Gasteiger partial charge in [0.25, 0.3) is 0 Å². The van der Waals surface area contributed by atoms with Gasteiger partial charge in [-0.05, 0) is 44.3 Å². The minimum Gasteiger partial charge on any atom is -0.309 e. The second kappa shape index (κ2) is 6.14. The number of allylic oxidation sites excluding steroid dienone is 1. The van der Waals surface area contributed by atoms with E-state index in [1.807, 2.05) is 7.05 Å². The van der Waals surface area contributed by atoms with E-state index in [4.69, 9.17) is 0 Å². The average Bonchev–Trinajstić information content (AvgIpc) is 2.68. The van der Waals surface area contributed by atoms with E-state index in [0.29, 0.717) is 6.04 Å². The van der Waals surface area contributed by atoms with Crippen LogP contribution < -0.4 is 5.32 Å². The van der Waals surface area contributed by atoms with Crippen molar-refractivity contribution in [1.29, 1.82) is 0 Å². The molecule has 19 heavy (non-hydrogen) atoms. The van der Waals surface area contributed by atoms with Crippen LogP contribution in [0.4, 0.5) is 0 Å². The van der Waals surface area contributed by atoms with Crippen LogP contribution in [0.2, 0.25) is 0 Å². The summed E-state index contributed by atoms with van der Waals surface area (Å²) in [7, 11) is 2.04. The van der Waals surface area contributed by atoms with Gasteiger partial charge in [-0.1, -0.05) is 43.3 Å². The van der Waals surface area contributed by atoms with Gasteiger partial charge in [-0.3, -0.25) is 0 Å². The minimum absolute atomic E-state index is 0.0583. The number of rotatable bonds is 3. The van der Waals surface area contributed by atoms with E-state index in [-0.39, 0.29) is 5.41 Å². The second-order valence-corrected chi connectivity index (χ2v) is 7.12. The fraction of sp³-hybridized carbons (Fsp3) is 0.733. The maximum Gasteiger partial charge on any atom is 0.0860 e. The van der Waals surface area contributed by atoms with E-state index in [1.54, 1.807) is 11.5 Å². The first-order valence-electron chi connectivity index (χ1n) is 7.23. The summed E-state index contributed by atoms with van der Waals surface area (Å²) in [6.45, 7) is 6.63. The standard InChI is InChI=1S/C15H25N3S/c1-15(2,3)14-13(19-18-17-14)12(16-4)11-9-7-5-6-8-10-11/h9,12,16H,5-8,10H2,1-4H3. The Balaban J connectivity index is 2.32. The highest BCUT2D eigenvalue weighted by molar-refractivity contribution is 7.05. The molecule has 0 spiro atoms. The SMILES string of the molecule is CNC(C1=CCCCCC1)c1snnc1C(C)(C)C. The summed E-state index contributed by atoms with van der Waals surface area (Å²) in [4.78, 5) is 1.29. The molecule has 1 aliphatic rings. The summed E-state index contributed by atoms with van der Waals surface area (Å²) in [5.74, 6) is 0. The zero-order valence-corrected chi connectivity index (χ0v) is 13.3. The van der Waals surface area contributed by atoms with Crippen molar-refractivity contribution >= 4 is 11.5 Å². The van der Waals surface area contributed by atoms with Gasteiger partial charge in [-0.2, -0.15) is 0 Å². The lowest BCUT2D eigenvalue weighted by Crippen LogP contribution is -2.23. The van der Waals surface area contributed by atoms with E-state index in [9.17, 15) is 0 Å². The fourth-order valence-corrected chi connectivity index (χ4v) is 3.71. The number of nitrogens with zero attached hydrogens (tertiary/aromatic N) is 2. The number of likely N-dealkylation sites (N-methyl/N-ethyl adjacent to an activating group) is 1. The fourth-order valence-electron chi connectivity index (χ4n) is 2.69. The Bertz CT molecular complexity index is 442. The molecule has 1 unspecified atom stereocenters. The molecule has 1 aromatic rings.